The van der Waals surface area contributed by atoms with Crippen LogP contribution in [0.1, 0.15) is 37.8 Å². The first-order valence-electron chi connectivity index (χ1n) is 6.85. The molecule has 0 amide bonds. The van der Waals surface area contributed by atoms with Crippen molar-refractivity contribution in [1.29, 1.82) is 0 Å². The number of carboxylic acids is 1. The molecule has 1 aromatic carbocycles. The summed E-state index contributed by atoms with van der Waals surface area (Å²) in [7, 11) is 0. The van der Waals surface area contributed by atoms with Gasteiger partial charge in [0.05, 0.1) is 0 Å². The monoisotopic (exact) mass is 261 g/mol. The number of aliphatic carboxylic acids is 1. The minimum absolute atomic E-state index is 0.915. The Hall–Kier alpha value is -1.77. The van der Waals surface area contributed by atoms with Gasteiger partial charge in [-0.1, -0.05) is 19.9 Å². The largest absolute Gasteiger partial charge is 0.478 e. The van der Waals surface area contributed by atoms with Crippen LogP contribution in [0.15, 0.2) is 24.3 Å². The van der Waals surface area contributed by atoms with Gasteiger partial charge in [0.15, 0.2) is 0 Å². The third kappa shape index (κ3) is 4.78. The zero-order valence-electron chi connectivity index (χ0n) is 12.0. The predicted octanol–water partition coefficient (Wildman–Crippen LogP) is 3.72. The third-order valence-electron chi connectivity index (χ3n) is 3.01. The molecule has 0 aromatic heterocycles. The summed E-state index contributed by atoms with van der Waals surface area (Å²) in [6.45, 7) is 8.48. The molecule has 1 N–H and O–H groups in total. The van der Waals surface area contributed by atoms with Crippen molar-refractivity contribution in [3.63, 3.8) is 0 Å². The summed E-state index contributed by atoms with van der Waals surface area (Å²) < 4.78 is 0. The molecule has 0 aliphatic rings. The highest BCUT2D eigenvalue weighted by molar-refractivity contribution is 5.85. The molecule has 0 unspecified atom stereocenters. The summed E-state index contributed by atoms with van der Waals surface area (Å²) in [5.41, 5.74) is 3.28. The van der Waals surface area contributed by atoms with Gasteiger partial charge in [-0.15, -0.1) is 0 Å². The smallest absolute Gasteiger partial charge is 0.328 e. The number of hydrogen-bond donors (Lipinski definition) is 1. The van der Waals surface area contributed by atoms with E-state index in [4.69, 9.17) is 5.11 Å². The molecule has 0 fully saturated rings. The highest BCUT2D eigenvalue weighted by Crippen LogP contribution is 2.20. The van der Waals surface area contributed by atoms with E-state index in [0.29, 0.717) is 0 Å². The summed E-state index contributed by atoms with van der Waals surface area (Å²) >= 11 is 0. The lowest BCUT2D eigenvalue weighted by Gasteiger charge is -2.24. The molecule has 3 nitrogen and oxygen atoms in total. The highest BCUT2D eigenvalue weighted by atomic mass is 16.4. The second kappa shape index (κ2) is 7.62. The fraction of sp³-hybridized carbons (Fsp3) is 0.438. The molecule has 1 rings (SSSR count). The lowest BCUT2D eigenvalue weighted by Crippen LogP contribution is -2.24. The topological polar surface area (TPSA) is 40.5 Å². The number of carbonyl (C=O) groups is 1. The van der Waals surface area contributed by atoms with Crippen LogP contribution in [-0.2, 0) is 4.79 Å². The van der Waals surface area contributed by atoms with Crippen LogP contribution in [0, 0.1) is 6.92 Å². The van der Waals surface area contributed by atoms with Crippen molar-refractivity contribution in [1.82, 2.24) is 0 Å². The minimum Gasteiger partial charge on any atom is -0.478 e. The van der Waals surface area contributed by atoms with Crippen molar-refractivity contribution >= 4 is 17.7 Å². The summed E-state index contributed by atoms with van der Waals surface area (Å²) in [5.74, 6) is -0.915. The Kier molecular flexibility index (Phi) is 6.13. The molecule has 0 saturated carbocycles. The molecular weight excluding hydrogens is 238 g/mol. The van der Waals surface area contributed by atoms with Gasteiger partial charge >= 0.3 is 5.97 Å². The van der Waals surface area contributed by atoms with Gasteiger partial charge in [-0.25, -0.2) is 4.79 Å². The highest BCUT2D eigenvalue weighted by Gasteiger charge is 2.05. The maximum atomic E-state index is 10.5. The van der Waals surface area contributed by atoms with E-state index < -0.39 is 5.97 Å². The van der Waals surface area contributed by atoms with E-state index in [1.165, 1.54) is 11.8 Å². The van der Waals surface area contributed by atoms with E-state index >= 15 is 0 Å². The SMILES string of the molecule is CCCN(CCC)c1ccc(C=CC(=O)O)c(C)c1. The van der Waals surface area contributed by atoms with Gasteiger partial charge in [0, 0.05) is 24.9 Å². The number of nitrogens with zero attached hydrogens (tertiary/aromatic N) is 1. The molecule has 3 heteroatoms. The normalized spacial score (nSPS) is 10.9. The Morgan fingerprint density at radius 2 is 1.89 bits per heavy atom. The molecule has 0 heterocycles. The van der Waals surface area contributed by atoms with E-state index in [9.17, 15) is 4.79 Å². The first-order valence-corrected chi connectivity index (χ1v) is 6.85. The quantitative estimate of drug-likeness (QED) is 0.760. The first-order chi connectivity index (χ1) is 9.08. The number of benzene rings is 1. The average Bonchev–Trinajstić information content (AvgIpc) is 2.37. The van der Waals surface area contributed by atoms with Crippen molar-refractivity contribution in [3.05, 3.63) is 35.4 Å². The van der Waals surface area contributed by atoms with E-state index in [1.807, 2.05) is 13.0 Å². The van der Waals surface area contributed by atoms with Crippen LogP contribution in [0.2, 0.25) is 0 Å². The van der Waals surface area contributed by atoms with Crippen LogP contribution >= 0.6 is 0 Å². The van der Waals surface area contributed by atoms with Gasteiger partial charge in [-0.2, -0.15) is 0 Å². The Labute approximate surface area is 115 Å². The van der Waals surface area contributed by atoms with Crippen LogP contribution in [0.4, 0.5) is 5.69 Å². The van der Waals surface area contributed by atoms with Gasteiger partial charge in [0.25, 0.3) is 0 Å². The Morgan fingerprint density at radius 3 is 2.37 bits per heavy atom. The van der Waals surface area contributed by atoms with Crippen molar-refractivity contribution in [2.24, 2.45) is 0 Å². The fourth-order valence-electron chi connectivity index (χ4n) is 2.11. The predicted molar refractivity (Wildman–Crippen MR) is 80.6 cm³/mol. The van der Waals surface area contributed by atoms with Gasteiger partial charge in [-0.3, -0.25) is 0 Å². The number of rotatable bonds is 7. The summed E-state index contributed by atoms with van der Waals surface area (Å²) in [6, 6.07) is 6.19. The number of hydrogen-bond acceptors (Lipinski definition) is 2. The molecule has 104 valence electrons. The number of anilines is 1. The van der Waals surface area contributed by atoms with Crippen molar-refractivity contribution < 1.29 is 9.90 Å². The van der Waals surface area contributed by atoms with Crippen LogP contribution in [-0.4, -0.2) is 24.2 Å². The molecule has 0 spiro atoms. The van der Waals surface area contributed by atoms with Crippen LogP contribution in [0.3, 0.4) is 0 Å². The number of carboxylic acid groups (broad SMARTS) is 1. The minimum atomic E-state index is -0.915. The van der Waals surface area contributed by atoms with Gasteiger partial charge < -0.3 is 10.0 Å². The summed E-state index contributed by atoms with van der Waals surface area (Å²) in [4.78, 5) is 12.9. The lowest BCUT2D eigenvalue weighted by molar-refractivity contribution is -0.131. The van der Waals surface area contributed by atoms with Gasteiger partial charge in [0.1, 0.15) is 0 Å². The Balaban J connectivity index is 2.93. The fourth-order valence-corrected chi connectivity index (χ4v) is 2.11. The van der Waals surface area contributed by atoms with E-state index in [0.717, 1.165) is 37.1 Å². The third-order valence-corrected chi connectivity index (χ3v) is 3.01. The second-order valence-electron chi connectivity index (χ2n) is 4.70. The zero-order chi connectivity index (χ0) is 14.3. The molecule has 1 aromatic rings. The van der Waals surface area contributed by atoms with E-state index in [2.05, 4.69) is 30.9 Å². The maximum Gasteiger partial charge on any atom is 0.328 e. The first kappa shape index (κ1) is 15.3. The molecule has 19 heavy (non-hydrogen) atoms. The molecule has 0 aliphatic heterocycles. The summed E-state index contributed by atoms with van der Waals surface area (Å²) in [6.07, 6.45) is 5.07. The van der Waals surface area contributed by atoms with Crippen LogP contribution in [0.25, 0.3) is 6.08 Å². The molecule has 0 atom stereocenters. The Bertz CT molecular complexity index is 446. The lowest BCUT2D eigenvalue weighted by atomic mass is 10.1. The molecule has 0 bridgehead atoms. The van der Waals surface area contributed by atoms with Crippen LogP contribution in [0.5, 0.6) is 0 Å². The standard InChI is InChI=1S/C16H23NO2/c1-4-10-17(11-5-2)15-8-6-14(13(3)12-15)7-9-16(18)19/h6-9,12H,4-5,10-11H2,1-3H3,(H,18,19). The van der Waals surface area contributed by atoms with E-state index in [-0.39, 0.29) is 0 Å². The van der Waals surface area contributed by atoms with Gasteiger partial charge in [-0.05, 0) is 49.1 Å². The summed E-state index contributed by atoms with van der Waals surface area (Å²) in [5, 5.41) is 8.65. The maximum absolute atomic E-state index is 10.5. The average molecular weight is 261 g/mol. The Morgan fingerprint density at radius 1 is 1.26 bits per heavy atom. The molecule has 0 saturated heterocycles. The van der Waals surface area contributed by atoms with Crippen molar-refractivity contribution in [2.45, 2.75) is 33.6 Å². The number of aryl methyl sites for hydroxylation is 1. The van der Waals surface area contributed by atoms with E-state index in [1.54, 1.807) is 6.08 Å². The van der Waals surface area contributed by atoms with Crippen molar-refractivity contribution in [2.75, 3.05) is 18.0 Å². The molecule has 0 aliphatic carbocycles. The zero-order valence-corrected chi connectivity index (χ0v) is 12.0. The van der Waals surface area contributed by atoms with Crippen LogP contribution < -0.4 is 4.90 Å². The molecule has 0 radical (unpaired) electrons. The second-order valence-corrected chi connectivity index (χ2v) is 4.70. The van der Waals surface area contributed by atoms with Crippen molar-refractivity contribution in [3.8, 4) is 0 Å². The van der Waals surface area contributed by atoms with Gasteiger partial charge in [0.2, 0.25) is 0 Å². The molecular formula is C16H23NO2.